The zero-order chi connectivity index (χ0) is 19.3. The van der Waals surface area contributed by atoms with Gasteiger partial charge in [0.15, 0.2) is 0 Å². The number of carbonyl (C=O) groups excluding carboxylic acids is 1. The van der Waals surface area contributed by atoms with Gasteiger partial charge in [-0.05, 0) is 50.3 Å². The Morgan fingerprint density at radius 1 is 1.21 bits per heavy atom. The number of likely N-dealkylation sites (tertiary alicyclic amines) is 1. The van der Waals surface area contributed by atoms with E-state index in [2.05, 4.69) is 17.2 Å². The third-order valence-corrected chi connectivity index (χ3v) is 5.54. The van der Waals surface area contributed by atoms with Crippen LogP contribution in [0.25, 0.3) is 0 Å². The van der Waals surface area contributed by atoms with E-state index in [0.29, 0.717) is 19.5 Å². The summed E-state index contributed by atoms with van der Waals surface area (Å²) in [4.78, 5) is 23.7. The predicted octanol–water partition coefficient (Wildman–Crippen LogP) is 3.07. The molecule has 2 amide bonds. The van der Waals surface area contributed by atoms with E-state index < -0.39 is 0 Å². The second kappa shape index (κ2) is 8.59. The van der Waals surface area contributed by atoms with Crippen LogP contribution < -0.4 is 10.1 Å². The Hall–Kier alpha value is -2.63. The zero-order valence-electron chi connectivity index (χ0n) is 16.5. The van der Waals surface area contributed by atoms with Crippen LogP contribution in [-0.4, -0.2) is 46.6 Å². The van der Waals surface area contributed by atoms with Gasteiger partial charge in [0.25, 0.3) is 0 Å². The molecular formula is C22H28N4O2. The van der Waals surface area contributed by atoms with Crippen molar-refractivity contribution in [1.29, 1.82) is 0 Å². The van der Waals surface area contributed by atoms with Crippen molar-refractivity contribution in [2.24, 2.45) is 0 Å². The smallest absolute Gasteiger partial charge is 0.317 e. The second-order valence-electron chi connectivity index (χ2n) is 7.63. The largest absolute Gasteiger partial charge is 0.489 e. The molecule has 0 unspecified atom stereocenters. The average Bonchev–Trinajstić information content (AvgIpc) is 3.17. The van der Waals surface area contributed by atoms with E-state index in [1.165, 1.54) is 24.1 Å². The van der Waals surface area contributed by atoms with Crippen molar-refractivity contribution >= 4 is 6.03 Å². The van der Waals surface area contributed by atoms with Gasteiger partial charge in [-0.2, -0.15) is 0 Å². The third-order valence-electron chi connectivity index (χ3n) is 5.54. The number of hydrogen-bond donors (Lipinski definition) is 1. The van der Waals surface area contributed by atoms with Gasteiger partial charge in [-0.3, -0.25) is 0 Å². The highest BCUT2D eigenvalue weighted by atomic mass is 16.5. The summed E-state index contributed by atoms with van der Waals surface area (Å²) in [6.45, 7) is 3.97. The zero-order valence-corrected chi connectivity index (χ0v) is 16.5. The maximum absolute atomic E-state index is 12.5. The van der Waals surface area contributed by atoms with Gasteiger partial charge in [0, 0.05) is 37.3 Å². The first-order valence-corrected chi connectivity index (χ1v) is 10.3. The molecule has 1 fully saturated rings. The first-order valence-electron chi connectivity index (χ1n) is 10.3. The van der Waals surface area contributed by atoms with Crippen LogP contribution in [0.5, 0.6) is 5.75 Å². The Balaban J connectivity index is 1.24. The lowest BCUT2D eigenvalue weighted by Gasteiger charge is -2.19. The Labute approximate surface area is 166 Å². The van der Waals surface area contributed by atoms with Crippen molar-refractivity contribution in [3.8, 4) is 5.75 Å². The number of aryl methyl sites for hydroxylation is 2. The molecule has 0 bridgehead atoms. The lowest BCUT2D eigenvalue weighted by Crippen LogP contribution is -2.40. The van der Waals surface area contributed by atoms with Crippen molar-refractivity contribution < 1.29 is 9.53 Å². The van der Waals surface area contributed by atoms with Crippen molar-refractivity contribution in [2.45, 2.75) is 51.6 Å². The molecule has 4 rings (SSSR count). The summed E-state index contributed by atoms with van der Waals surface area (Å²) in [5, 5.41) is 3.01. The fourth-order valence-corrected chi connectivity index (χ4v) is 4.05. The molecule has 1 saturated heterocycles. The van der Waals surface area contributed by atoms with E-state index in [1.807, 2.05) is 35.2 Å². The molecule has 1 aromatic heterocycles. The summed E-state index contributed by atoms with van der Waals surface area (Å²) in [7, 11) is 0. The van der Waals surface area contributed by atoms with Gasteiger partial charge in [-0.15, -0.1) is 0 Å². The highest BCUT2D eigenvalue weighted by Crippen LogP contribution is 2.22. The van der Waals surface area contributed by atoms with Gasteiger partial charge in [0.2, 0.25) is 0 Å². The molecule has 1 aliphatic heterocycles. The van der Waals surface area contributed by atoms with Crippen LogP contribution in [0.4, 0.5) is 4.79 Å². The van der Waals surface area contributed by atoms with Gasteiger partial charge in [0.1, 0.15) is 17.7 Å². The molecule has 2 aromatic rings. The molecule has 2 aliphatic rings. The van der Waals surface area contributed by atoms with E-state index in [-0.39, 0.29) is 12.1 Å². The molecular weight excluding hydrogens is 352 g/mol. The molecule has 2 heterocycles. The van der Waals surface area contributed by atoms with Crippen LogP contribution in [0, 0.1) is 6.92 Å². The molecule has 148 valence electrons. The lowest BCUT2D eigenvalue weighted by molar-refractivity contribution is 0.187. The summed E-state index contributed by atoms with van der Waals surface area (Å²) in [6.07, 6.45) is 6.17. The number of benzene rings is 1. The number of fused-ring (bicyclic) bond motifs is 1. The predicted molar refractivity (Wildman–Crippen MR) is 108 cm³/mol. The molecule has 0 radical (unpaired) electrons. The van der Waals surface area contributed by atoms with E-state index in [4.69, 9.17) is 9.72 Å². The number of urea groups is 1. The van der Waals surface area contributed by atoms with Gasteiger partial charge < -0.3 is 15.0 Å². The Bertz CT molecular complexity index is 825. The number of nitrogens with zero attached hydrogens (tertiary/aromatic N) is 3. The molecule has 1 aromatic carbocycles. The second-order valence-corrected chi connectivity index (χ2v) is 7.63. The molecule has 6 heteroatoms. The summed E-state index contributed by atoms with van der Waals surface area (Å²) in [5.41, 5.74) is 3.65. The van der Waals surface area contributed by atoms with Crippen LogP contribution in [0.15, 0.2) is 30.3 Å². The first-order chi connectivity index (χ1) is 13.7. The standard InChI is InChI=1S/C22H28N4O2/c1-16-19-9-5-6-10-20(19)25-21(24-16)11-13-23-22(27)26-14-12-18(15-26)28-17-7-3-2-4-8-17/h2-4,7-8,18H,5-6,9-15H2,1H3,(H,23,27)/t18-/m0/s1. The fraction of sp³-hybridized carbons (Fsp3) is 0.500. The number of hydrogen-bond acceptors (Lipinski definition) is 4. The van der Waals surface area contributed by atoms with Crippen LogP contribution in [0.1, 0.15) is 42.0 Å². The van der Waals surface area contributed by atoms with Crippen LogP contribution in [-0.2, 0) is 19.3 Å². The minimum atomic E-state index is -0.0335. The summed E-state index contributed by atoms with van der Waals surface area (Å²) in [6, 6.07) is 9.74. The number of ether oxygens (including phenoxy) is 1. The number of aromatic nitrogens is 2. The number of carbonyl (C=O) groups is 1. The minimum absolute atomic E-state index is 0.0335. The van der Waals surface area contributed by atoms with E-state index in [1.54, 1.807) is 0 Å². The monoisotopic (exact) mass is 380 g/mol. The van der Waals surface area contributed by atoms with Gasteiger partial charge in [0.05, 0.1) is 6.54 Å². The molecule has 0 spiro atoms. The van der Waals surface area contributed by atoms with Gasteiger partial charge in [-0.25, -0.2) is 14.8 Å². The molecule has 1 atom stereocenters. The van der Waals surface area contributed by atoms with Crippen molar-refractivity contribution in [2.75, 3.05) is 19.6 Å². The number of amides is 2. The Kier molecular flexibility index (Phi) is 5.74. The highest BCUT2D eigenvalue weighted by Gasteiger charge is 2.27. The molecule has 28 heavy (non-hydrogen) atoms. The van der Waals surface area contributed by atoms with Crippen molar-refractivity contribution in [1.82, 2.24) is 20.2 Å². The Morgan fingerprint density at radius 2 is 2.04 bits per heavy atom. The number of para-hydroxylation sites is 1. The number of rotatable bonds is 5. The SMILES string of the molecule is Cc1nc(CCNC(=O)N2CC[C@H](Oc3ccccc3)C2)nc2c1CCCC2. The van der Waals surface area contributed by atoms with Gasteiger partial charge >= 0.3 is 6.03 Å². The van der Waals surface area contributed by atoms with E-state index in [0.717, 1.165) is 43.1 Å². The van der Waals surface area contributed by atoms with Crippen molar-refractivity contribution in [3.05, 3.63) is 53.1 Å². The first kappa shape index (κ1) is 18.7. The number of nitrogens with one attached hydrogen (secondary N) is 1. The van der Waals surface area contributed by atoms with Crippen LogP contribution in [0.3, 0.4) is 0 Å². The Morgan fingerprint density at radius 3 is 2.89 bits per heavy atom. The fourth-order valence-electron chi connectivity index (χ4n) is 4.05. The van der Waals surface area contributed by atoms with Crippen LogP contribution in [0.2, 0.25) is 0 Å². The van der Waals surface area contributed by atoms with Crippen LogP contribution >= 0.6 is 0 Å². The molecule has 0 saturated carbocycles. The third kappa shape index (κ3) is 4.43. The maximum Gasteiger partial charge on any atom is 0.317 e. The van der Waals surface area contributed by atoms with Crippen molar-refractivity contribution in [3.63, 3.8) is 0 Å². The average molecular weight is 380 g/mol. The molecule has 6 nitrogen and oxygen atoms in total. The highest BCUT2D eigenvalue weighted by molar-refractivity contribution is 5.74. The van der Waals surface area contributed by atoms with Gasteiger partial charge in [-0.1, -0.05) is 18.2 Å². The van der Waals surface area contributed by atoms with E-state index in [9.17, 15) is 4.79 Å². The minimum Gasteiger partial charge on any atom is -0.489 e. The quantitative estimate of drug-likeness (QED) is 0.866. The maximum atomic E-state index is 12.5. The lowest BCUT2D eigenvalue weighted by atomic mass is 9.95. The normalized spacial score (nSPS) is 18.6. The molecule has 1 aliphatic carbocycles. The topological polar surface area (TPSA) is 67.4 Å². The summed E-state index contributed by atoms with van der Waals surface area (Å²) < 4.78 is 5.95. The summed E-state index contributed by atoms with van der Waals surface area (Å²) >= 11 is 0. The summed E-state index contributed by atoms with van der Waals surface area (Å²) in [5.74, 6) is 1.69. The van der Waals surface area contributed by atoms with E-state index >= 15 is 0 Å². The molecule has 1 N–H and O–H groups in total.